The van der Waals surface area contributed by atoms with Crippen molar-refractivity contribution in [2.75, 3.05) is 0 Å². The van der Waals surface area contributed by atoms with Crippen LogP contribution in [-0.2, 0) is 17.9 Å². The third-order valence-electron chi connectivity index (χ3n) is 3.79. The lowest BCUT2D eigenvalue weighted by atomic mass is 10.2. The summed E-state index contributed by atoms with van der Waals surface area (Å²) in [5.41, 5.74) is 2.40. The van der Waals surface area contributed by atoms with Crippen LogP contribution >= 0.6 is 0 Å². The van der Waals surface area contributed by atoms with Crippen LogP contribution in [0.1, 0.15) is 32.3 Å². The topological polar surface area (TPSA) is 46.1 Å². The van der Waals surface area contributed by atoms with E-state index in [0.29, 0.717) is 12.6 Å². The first-order valence-electron chi connectivity index (χ1n) is 7.73. The SMILES string of the molecule is CC(C)NC(=O)Cn1cc(CNC2CC2)c2ccccc21. The summed E-state index contributed by atoms with van der Waals surface area (Å²) in [6.07, 6.45) is 4.69. The molecule has 0 spiro atoms. The molecular weight excluding hydrogens is 262 g/mol. The average Bonchev–Trinajstić information content (AvgIpc) is 3.20. The number of fused-ring (bicyclic) bond motifs is 1. The van der Waals surface area contributed by atoms with Crippen molar-refractivity contribution >= 4 is 16.8 Å². The van der Waals surface area contributed by atoms with Crippen molar-refractivity contribution in [3.05, 3.63) is 36.0 Å². The third kappa shape index (κ3) is 3.45. The summed E-state index contributed by atoms with van der Waals surface area (Å²) in [6, 6.07) is 9.17. The van der Waals surface area contributed by atoms with Crippen LogP contribution in [0, 0.1) is 0 Å². The zero-order valence-electron chi connectivity index (χ0n) is 12.7. The van der Waals surface area contributed by atoms with Gasteiger partial charge in [-0.05, 0) is 38.3 Å². The Kier molecular flexibility index (Phi) is 3.97. The summed E-state index contributed by atoms with van der Waals surface area (Å²) in [7, 11) is 0. The van der Waals surface area contributed by atoms with Gasteiger partial charge in [-0.25, -0.2) is 0 Å². The Bertz CT molecular complexity index is 641. The predicted molar refractivity (Wildman–Crippen MR) is 85.1 cm³/mol. The fourth-order valence-corrected chi connectivity index (χ4v) is 2.66. The number of carbonyl (C=O) groups excluding carboxylic acids is 1. The van der Waals surface area contributed by atoms with Gasteiger partial charge in [0.2, 0.25) is 5.91 Å². The van der Waals surface area contributed by atoms with Gasteiger partial charge >= 0.3 is 0 Å². The Labute approximate surface area is 125 Å². The molecule has 0 aliphatic heterocycles. The van der Waals surface area contributed by atoms with E-state index in [-0.39, 0.29) is 11.9 Å². The number of nitrogens with one attached hydrogen (secondary N) is 2. The number of hydrogen-bond donors (Lipinski definition) is 2. The molecule has 0 bridgehead atoms. The smallest absolute Gasteiger partial charge is 0.240 e. The molecule has 1 aliphatic carbocycles. The molecule has 1 saturated carbocycles. The van der Waals surface area contributed by atoms with E-state index in [1.54, 1.807) is 0 Å². The van der Waals surface area contributed by atoms with Crippen molar-refractivity contribution in [2.45, 2.75) is 51.9 Å². The van der Waals surface area contributed by atoms with Gasteiger partial charge in [-0.15, -0.1) is 0 Å². The lowest BCUT2D eigenvalue weighted by Crippen LogP contribution is -2.32. The highest BCUT2D eigenvalue weighted by Crippen LogP contribution is 2.24. The van der Waals surface area contributed by atoms with Crippen molar-refractivity contribution in [3.63, 3.8) is 0 Å². The Morgan fingerprint density at radius 2 is 2.10 bits per heavy atom. The van der Waals surface area contributed by atoms with Crippen molar-refractivity contribution in [2.24, 2.45) is 0 Å². The molecule has 2 aromatic rings. The quantitative estimate of drug-likeness (QED) is 0.856. The second kappa shape index (κ2) is 5.90. The number of aromatic nitrogens is 1. The number of amides is 1. The van der Waals surface area contributed by atoms with Crippen molar-refractivity contribution in [1.29, 1.82) is 0 Å². The first kappa shape index (κ1) is 14.1. The lowest BCUT2D eigenvalue weighted by Gasteiger charge is -2.09. The Balaban J connectivity index is 1.81. The fraction of sp³-hybridized carbons (Fsp3) is 0.471. The fourth-order valence-electron chi connectivity index (χ4n) is 2.66. The first-order valence-corrected chi connectivity index (χ1v) is 7.73. The van der Waals surface area contributed by atoms with Gasteiger partial charge in [-0.2, -0.15) is 0 Å². The second-order valence-corrected chi connectivity index (χ2v) is 6.18. The van der Waals surface area contributed by atoms with E-state index in [1.807, 2.05) is 19.9 Å². The van der Waals surface area contributed by atoms with E-state index in [4.69, 9.17) is 0 Å². The molecule has 112 valence electrons. The maximum atomic E-state index is 12.0. The standard InChI is InChI=1S/C17H23N3O/c1-12(2)19-17(21)11-20-10-13(9-18-14-7-8-14)15-5-3-4-6-16(15)20/h3-6,10,12,14,18H,7-9,11H2,1-2H3,(H,19,21). The van der Waals surface area contributed by atoms with Gasteiger partial charge in [0.1, 0.15) is 6.54 Å². The molecule has 1 aromatic heterocycles. The second-order valence-electron chi connectivity index (χ2n) is 6.18. The summed E-state index contributed by atoms with van der Waals surface area (Å²) in [4.78, 5) is 12.0. The lowest BCUT2D eigenvalue weighted by molar-refractivity contribution is -0.122. The zero-order chi connectivity index (χ0) is 14.8. The van der Waals surface area contributed by atoms with E-state index < -0.39 is 0 Å². The van der Waals surface area contributed by atoms with Crippen LogP contribution in [0.25, 0.3) is 10.9 Å². The number of rotatable bonds is 6. The van der Waals surface area contributed by atoms with Crippen molar-refractivity contribution in [1.82, 2.24) is 15.2 Å². The largest absolute Gasteiger partial charge is 0.352 e. The number of benzene rings is 1. The van der Waals surface area contributed by atoms with Crippen LogP contribution in [0.3, 0.4) is 0 Å². The molecule has 3 rings (SSSR count). The van der Waals surface area contributed by atoms with Gasteiger partial charge in [0.15, 0.2) is 0 Å². The molecule has 1 heterocycles. The molecule has 0 radical (unpaired) electrons. The van der Waals surface area contributed by atoms with Crippen LogP contribution in [0.15, 0.2) is 30.5 Å². The van der Waals surface area contributed by atoms with Gasteiger partial charge in [-0.3, -0.25) is 4.79 Å². The van der Waals surface area contributed by atoms with E-state index >= 15 is 0 Å². The molecule has 1 fully saturated rings. The van der Waals surface area contributed by atoms with Crippen LogP contribution in [-0.4, -0.2) is 22.6 Å². The molecule has 1 aromatic carbocycles. The van der Waals surface area contributed by atoms with Crippen LogP contribution in [0.5, 0.6) is 0 Å². The molecule has 4 heteroatoms. The Hall–Kier alpha value is -1.81. The summed E-state index contributed by atoms with van der Waals surface area (Å²) in [5.74, 6) is 0.0625. The van der Waals surface area contributed by atoms with Gasteiger partial charge in [0, 0.05) is 35.7 Å². The van der Waals surface area contributed by atoms with E-state index in [2.05, 4.69) is 39.6 Å². The summed E-state index contributed by atoms with van der Waals surface area (Å²) in [5, 5.41) is 7.74. The third-order valence-corrected chi connectivity index (χ3v) is 3.79. The molecule has 21 heavy (non-hydrogen) atoms. The Morgan fingerprint density at radius 3 is 2.81 bits per heavy atom. The first-order chi connectivity index (χ1) is 10.1. The molecule has 1 amide bonds. The predicted octanol–water partition coefficient (Wildman–Crippen LogP) is 2.42. The van der Waals surface area contributed by atoms with E-state index in [0.717, 1.165) is 12.1 Å². The zero-order valence-corrected chi connectivity index (χ0v) is 12.7. The summed E-state index contributed by atoms with van der Waals surface area (Å²) < 4.78 is 2.05. The minimum atomic E-state index is 0.0625. The number of carbonyl (C=O) groups is 1. The molecule has 0 saturated heterocycles. The average molecular weight is 285 g/mol. The van der Waals surface area contributed by atoms with E-state index in [9.17, 15) is 4.79 Å². The van der Waals surface area contributed by atoms with Gasteiger partial charge in [0.05, 0.1) is 0 Å². The summed E-state index contributed by atoms with van der Waals surface area (Å²) in [6.45, 7) is 5.22. The van der Waals surface area contributed by atoms with Crippen LogP contribution in [0.4, 0.5) is 0 Å². The maximum absolute atomic E-state index is 12.0. The maximum Gasteiger partial charge on any atom is 0.240 e. The van der Waals surface area contributed by atoms with Gasteiger partial charge in [0.25, 0.3) is 0 Å². The minimum absolute atomic E-state index is 0.0625. The normalized spacial score (nSPS) is 14.8. The monoisotopic (exact) mass is 285 g/mol. The van der Waals surface area contributed by atoms with Crippen LogP contribution < -0.4 is 10.6 Å². The number of nitrogens with zero attached hydrogens (tertiary/aromatic N) is 1. The molecule has 0 unspecified atom stereocenters. The van der Waals surface area contributed by atoms with Gasteiger partial charge in [-0.1, -0.05) is 18.2 Å². The molecular formula is C17H23N3O. The summed E-state index contributed by atoms with van der Waals surface area (Å²) >= 11 is 0. The highest BCUT2D eigenvalue weighted by molar-refractivity contribution is 5.86. The Morgan fingerprint density at radius 1 is 1.33 bits per heavy atom. The van der Waals surface area contributed by atoms with Gasteiger partial charge < -0.3 is 15.2 Å². The van der Waals surface area contributed by atoms with Crippen molar-refractivity contribution < 1.29 is 4.79 Å². The number of para-hydroxylation sites is 1. The van der Waals surface area contributed by atoms with Crippen molar-refractivity contribution in [3.8, 4) is 0 Å². The minimum Gasteiger partial charge on any atom is -0.352 e. The van der Waals surface area contributed by atoms with E-state index in [1.165, 1.54) is 23.8 Å². The molecule has 0 atom stereocenters. The molecule has 4 nitrogen and oxygen atoms in total. The highest BCUT2D eigenvalue weighted by atomic mass is 16.2. The molecule has 2 N–H and O–H groups in total. The highest BCUT2D eigenvalue weighted by Gasteiger charge is 2.21. The number of hydrogen-bond acceptors (Lipinski definition) is 2. The van der Waals surface area contributed by atoms with Crippen LogP contribution in [0.2, 0.25) is 0 Å². The molecule has 1 aliphatic rings.